The van der Waals surface area contributed by atoms with Crippen molar-refractivity contribution >= 4 is 24.2 Å². The average Bonchev–Trinajstić information content (AvgIpc) is 2.61. The molecule has 2 aromatic heterocycles. The number of carbonyl (C=O) groups is 2. The molecule has 0 saturated carbocycles. The number of nitrogens with zero attached hydrogens (tertiary/aromatic N) is 4. The van der Waals surface area contributed by atoms with Crippen LogP contribution in [0.4, 0.5) is 11.8 Å². The maximum atomic E-state index is 11.7. The smallest absolute Gasteiger partial charge is 0.356 e. The predicted octanol–water partition coefficient (Wildman–Crippen LogP) is -0.808. The number of nitrogen functional groups attached to an aromatic ring is 1. The number of hydrogen-bond acceptors (Lipinski definition) is 9. The van der Waals surface area contributed by atoms with Gasteiger partial charge < -0.3 is 25.5 Å². The lowest BCUT2D eigenvalue weighted by Gasteiger charge is -2.27. The summed E-state index contributed by atoms with van der Waals surface area (Å²) < 4.78 is 4.64. The minimum Gasteiger partial charge on any atom is -0.483 e. The predicted molar refractivity (Wildman–Crippen MR) is 86.1 cm³/mol. The molecule has 0 amide bonds. The van der Waals surface area contributed by atoms with Gasteiger partial charge in [-0.05, 0) is 6.42 Å². The zero-order valence-electron chi connectivity index (χ0n) is 13.3. The van der Waals surface area contributed by atoms with Gasteiger partial charge in [-0.3, -0.25) is 9.59 Å². The zero-order valence-corrected chi connectivity index (χ0v) is 13.3. The van der Waals surface area contributed by atoms with E-state index in [1.807, 2.05) is 4.90 Å². The van der Waals surface area contributed by atoms with Crippen molar-refractivity contribution in [1.82, 2.24) is 19.9 Å². The molecule has 0 atom stereocenters. The molecule has 0 unspecified atom stereocenters. The van der Waals surface area contributed by atoms with Crippen LogP contribution < -0.4 is 16.2 Å². The molecule has 1 aliphatic heterocycles. The molecule has 2 aromatic rings. The van der Waals surface area contributed by atoms with E-state index in [1.54, 1.807) is 0 Å². The van der Waals surface area contributed by atoms with E-state index in [4.69, 9.17) is 15.6 Å². The van der Waals surface area contributed by atoms with Crippen LogP contribution >= 0.6 is 0 Å². The average molecular weight is 348 g/mol. The standard InChI is InChI=1S/C13H14N6O3.CH2O2/c1-22-12(21)8-4-10(14)18-13(17-8)19-3-2-7-9(5-19)15-6-16-11(7)20;2-1-3/h4,6H,2-3,5H2,1H3,(H2,14,17,18)(H,15,16,20);1H,(H,2,3). The second-order valence-corrected chi connectivity index (χ2v) is 4.90. The molecule has 0 bridgehead atoms. The van der Waals surface area contributed by atoms with E-state index in [2.05, 4.69) is 24.7 Å². The Morgan fingerprint density at radius 3 is 2.88 bits per heavy atom. The first kappa shape index (κ1) is 17.8. The van der Waals surface area contributed by atoms with Crippen molar-refractivity contribution in [2.24, 2.45) is 0 Å². The number of methoxy groups -OCH3 is 1. The third-order valence-electron chi connectivity index (χ3n) is 3.42. The fourth-order valence-electron chi connectivity index (χ4n) is 2.34. The van der Waals surface area contributed by atoms with Crippen LogP contribution in [0, 0.1) is 0 Å². The third-order valence-corrected chi connectivity index (χ3v) is 3.42. The number of ether oxygens (including phenoxy) is 1. The Labute approximate surface area is 141 Å². The summed E-state index contributed by atoms with van der Waals surface area (Å²) in [4.78, 5) is 48.5. The number of aromatic nitrogens is 4. The molecule has 3 heterocycles. The summed E-state index contributed by atoms with van der Waals surface area (Å²) in [7, 11) is 1.27. The van der Waals surface area contributed by atoms with Crippen LogP contribution in [0.1, 0.15) is 21.7 Å². The molecule has 11 heteroatoms. The lowest BCUT2D eigenvalue weighted by Crippen LogP contribution is -2.36. The number of carboxylic acid groups (broad SMARTS) is 1. The quantitative estimate of drug-likeness (QED) is 0.462. The number of nitrogens with one attached hydrogen (secondary N) is 1. The molecular formula is C14H16N6O5. The molecule has 11 nitrogen and oxygen atoms in total. The Kier molecular flexibility index (Phi) is 5.61. The normalized spacial score (nSPS) is 12.4. The monoisotopic (exact) mass is 348 g/mol. The van der Waals surface area contributed by atoms with Crippen molar-refractivity contribution in [3.63, 3.8) is 0 Å². The highest BCUT2D eigenvalue weighted by atomic mass is 16.5. The van der Waals surface area contributed by atoms with Gasteiger partial charge in [-0.2, -0.15) is 4.98 Å². The minimum atomic E-state index is -0.581. The van der Waals surface area contributed by atoms with Crippen LogP contribution in [0.15, 0.2) is 17.2 Å². The summed E-state index contributed by atoms with van der Waals surface area (Å²) in [6.45, 7) is 0.662. The van der Waals surface area contributed by atoms with E-state index in [1.165, 1.54) is 19.5 Å². The van der Waals surface area contributed by atoms with Crippen molar-refractivity contribution < 1.29 is 19.4 Å². The van der Waals surface area contributed by atoms with Crippen molar-refractivity contribution in [3.05, 3.63) is 39.7 Å². The van der Waals surface area contributed by atoms with Crippen LogP contribution in [0.5, 0.6) is 0 Å². The number of esters is 1. The van der Waals surface area contributed by atoms with Crippen molar-refractivity contribution in [1.29, 1.82) is 0 Å². The van der Waals surface area contributed by atoms with Crippen molar-refractivity contribution in [2.45, 2.75) is 13.0 Å². The number of hydrogen-bond donors (Lipinski definition) is 3. The SMILES string of the molecule is COC(=O)c1cc(N)nc(N2CCc3c(nc[nH]c3=O)C2)n1.O=CO. The van der Waals surface area contributed by atoms with Crippen LogP contribution in [0.25, 0.3) is 0 Å². The summed E-state index contributed by atoms with van der Waals surface area (Å²) in [6, 6.07) is 1.36. The maximum Gasteiger partial charge on any atom is 0.356 e. The fourth-order valence-corrected chi connectivity index (χ4v) is 2.34. The number of fused-ring (bicyclic) bond motifs is 1. The summed E-state index contributed by atoms with van der Waals surface area (Å²) in [5.74, 6) is -0.0921. The van der Waals surface area contributed by atoms with Crippen molar-refractivity contribution in [2.75, 3.05) is 24.3 Å². The van der Waals surface area contributed by atoms with Gasteiger partial charge in [-0.15, -0.1) is 0 Å². The molecule has 3 rings (SSSR count). The van der Waals surface area contributed by atoms with Gasteiger partial charge in [0.2, 0.25) is 5.95 Å². The van der Waals surface area contributed by atoms with E-state index in [-0.39, 0.29) is 23.5 Å². The maximum absolute atomic E-state index is 11.7. The number of anilines is 2. The highest BCUT2D eigenvalue weighted by Gasteiger charge is 2.23. The molecule has 0 radical (unpaired) electrons. The summed E-state index contributed by atoms with van der Waals surface area (Å²) >= 11 is 0. The topological polar surface area (TPSA) is 164 Å². The molecule has 25 heavy (non-hydrogen) atoms. The van der Waals surface area contributed by atoms with Crippen LogP contribution in [-0.2, 0) is 22.5 Å². The number of H-pyrrole nitrogens is 1. The second kappa shape index (κ2) is 7.86. The highest BCUT2D eigenvalue weighted by molar-refractivity contribution is 5.88. The van der Waals surface area contributed by atoms with Crippen LogP contribution in [0.3, 0.4) is 0 Å². The van der Waals surface area contributed by atoms with Gasteiger partial charge in [0.15, 0.2) is 5.69 Å². The van der Waals surface area contributed by atoms with Gasteiger partial charge in [-0.25, -0.2) is 14.8 Å². The first-order chi connectivity index (χ1) is 12.0. The Bertz CT molecular complexity index is 837. The Hall–Kier alpha value is -3.50. The van der Waals surface area contributed by atoms with Gasteiger partial charge in [0.05, 0.1) is 25.7 Å². The Balaban J connectivity index is 0.000000701. The number of carbonyl (C=O) groups excluding carboxylic acids is 1. The van der Waals surface area contributed by atoms with E-state index >= 15 is 0 Å². The molecule has 1 aliphatic rings. The second-order valence-electron chi connectivity index (χ2n) is 4.90. The lowest BCUT2D eigenvalue weighted by molar-refractivity contribution is -0.122. The van der Waals surface area contributed by atoms with Crippen molar-refractivity contribution in [3.8, 4) is 0 Å². The van der Waals surface area contributed by atoms with E-state index < -0.39 is 5.97 Å². The van der Waals surface area contributed by atoms with Gasteiger partial charge >= 0.3 is 5.97 Å². The molecule has 0 aromatic carbocycles. The first-order valence-electron chi connectivity index (χ1n) is 7.11. The molecule has 0 spiro atoms. The summed E-state index contributed by atoms with van der Waals surface area (Å²) in [6.07, 6.45) is 1.88. The Morgan fingerprint density at radius 2 is 2.20 bits per heavy atom. The highest BCUT2D eigenvalue weighted by Crippen LogP contribution is 2.19. The molecule has 4 N–H and O–H groups in total. The molecule has 0 saturated heterocycles. The Morgan fingerprint density at radius 1 is 1.48 bits per heavy atom. The summed E-state index contributed by atoms with van der Waals surface area (Å²) in [5, 5.41) is 6.89. The molecular weight excluding hydrogens is 332 g/mol. The lowest BCUT2D eigenvalue weighted by atomic mass is 10.1. The van der Waals surface area contributed by atoms with Gasteiger partial charge in [0.1, 0.15) is 5.82 Å². The minimum absolute atomic E-state index is 0.0923. The van der Waals surface area contributed by atoms with E-state index in [0.717, 1.165) is 0 Å². The van der Waals surface area contributed by atoms with Crippen LogP contribution in [-0.4, -0.2) is 51.1 Å². The number of nitrogens with two attached hydrogens (primary N) is 1. The first-order valence-corrected chi connectivity index (χ1v) is 7.11. The summed E-state index contributed by atoms with van der Waals surface area (Å²) in [5.41, 5.74) is 7.01. The van der Waals surface area contributed by atoms with E-state index in [0.29, 0.717) is 36.7 Å². The number of rotatable bonds is 2. The molecule has 0 aliphatic carbocycles. The number of aromatic amines is 1. The molecule has 132 valence electrons. The third kappa shape index (κ3) is 4.07. The molecule has 0 fully saturated rings. The van der Waals surface area contributed by atoms with Gasteiger partial charge in [0.25, 0.3) is 12.0 Å². The van der Waals surface area contributed by atoms with E-state index in [9.17, 15) is 9.59 Å². The zero-order chi connectivity index (χ0) is 18.4. The van der Waals surface area contributed by atoms with Crippen LogP contribution in [0.2, 0.25) is 0 Å². The van der Waals surface area contributed by atoms with Gasteiger partial charge in [-0.1, -0.05) is 0 Å². The largest absolute Gasteiger partial charge is 0.483 e. The van der Waals surface area contributed by atoms with Gasteiger partial charge in [0, 0.05) is 18.2 Å². The fraction of sp³-hybridized carbons (Fsp3) is 0.286.